The lowest BCUT2D eigenvalue weighted by Gasteiger charge is -2.30. The van der Waals surface area contributed by atoms with Crippen molar-refractivity contribution < 1.29 is 54.3 Å². The van der Waals surface area contributed by atoms with Crippen LogP contribution < -0.4 is 9.80 Å². The van der Waals surface area contributed by atoms with Crippen LogP contribution in [0.1, 0.15) is 41.4 Å². The van der Waals surface area contributed by atoms with Crippen LogP contribution in [0.15, 0.2) is 60.7 Å². The molecule has 0 saturated heterocycles. The van der Waals surface area contributed by atoms with E-state index in [0.29, 0.717) is 32.3 Å². The third-order valence-electron chi connectivity index (χ3n) is 9.26. The molecule has 7 aromatic rings. The molecule has 9 rings (SSSR count). The zero-order chi connectivity index (χ0) is 35.2. The van der Waals surface area contributed by atoms with Crippen molar-refractivity contribution >= 4 is 78.1 Å². The van der Waals surface area contributed by atoms with Crippen LogP contribution >= 0.6 is 0 Å². The van der Waals surface area contributed by atoms with Crippen molar-refractivity contribution in [2.24, 2.45) is 0 Å². The molecule has 0 aromatic heterocycles. The second kappa shape index (κ2) is 9.59. The number of anilines is 2. The maximum absolute atomic E-state index is 14.8. The summed E-state index contributed by atoms with van der Waals surface area (Å²) in [6.45, 7) is 0. The number of benzene rings is 7. The molecule has 0 radical (unpaired) electrons. The average molecular weight is 686 g/mol. The monoisotopic (exact) mass is 686 g/mol. The summed E-state index contributed by atoms with van der Waals surface area (Å²) in [4.78, 5) is 54.8. The number of hydrogen-bond donors (Lipinski definition) is 0. The highest BCUT2D eigenvalue weighted by molar-refractivity contribution is 6.45. The quantitative estimate of drug-likeness (QED) is 0.0602. The number of carbonyl (C=O) groups is 4. The van der Waals surface area contributed by atoms with E-state index in [9.17, 15) is 54.3 Å². The highest BCUT2D eigenvalue weighted by atomic mass is 19.2. The molecule has 7 aromatic carbocycles. The van der Waals surface area contributed by atoms with Gasteiger partial charge in [0.1, 0.15) is 11.4 Å². The molecule has 14 heteroatoms. The molecule has 0 N–H and O–H groups in total. The van der Waals surface area contributed by atoms with Crippen LogP contribution in [0.4, 0.5) is 46.5 Å². The Morgan fingerprint density at radius 1 is 0.340 bits per heavy atom. The molecule has 0 fully saturated rings. The molecular formula is C36H10F8N2O4. The molecule has 2 aliphatic heterocycles. The van der Waals surface area contributed by atoms with E-state index in [0.717, 1.165) is 0 Å². The van der Waals surface area contributed by atoms with Crippen molar-refractivity contribution in [3.05, 3.63) is 129 Å². The second-order valence-electron chi connectivity index (χ2n) is 11.7. The van der Waals surface area contributed by atoms with Crippen LogP contribution in [0, 0.1) is 46.5 Å². The number of halogens is 8. The Hall–Kier alpha value is -6.44. The molecule has 2 heterocycles. The van der Waals surface area contributed by atoms with Crippen molar-refractivity contribution in [1.82, 2.24) is 0 Å². The third-order valence-corrected chi connectivity index (χ3v) is 9.26. The number of rotatable bonds is 2. The summed E-state index contributed by atoms with van der Waals surface area (Å²) < 4.78 is 116. The van der Waals surface area contributed by atoms with Gasteiger partial charge in [-0.15, -0.1) is 0 Å². The lowest BCUT2D eigenvalue weighted by molar-refractivity contribution is 0.0875. The van der Waals surface area contributed by atoms with Gasteiger partial charge >= 0.3 is 0 Å². The highest BCUT2D eigenvalue weighted by Crippen LogP contribution is 2.47. The van der Waals surface area contributed by atoms with Crippen LogP contribution in [0.25, 0.3) is 43.1 Å². The first kappa shape index (κ1) is 29.7. The molecule has 0 atom stereocenters. The van der Waals surface area contributed by atoms with Crippen molar-refractivity contribution in [3.8, 4) is 0 Å². The van der Waals surface area contributed by atoms with Gasteiger partial charge in [-0.3, -0.25) is 19.2 Å². The summed E-state index contributed by atoms with van der Waals surface area (Å²) in [6.07, 6.45) is 0. The van der Waals surface area contributed by atoms with Crippen molar-refractivity contribution in [1.29, 1.82) is 0 Å². The first-order chi connectivity index (χ1) is 23.8. The predicted molar refractivity (Wildman–Crippen MR) is 162 cm³/mol. The summed E-state index contributed by atoms with van der Waals surface area (Å²) in [7, 11) is 0. The van der Waals surface area contributed by atoms with Gasteiger partial charge in [0.05, 0.1) is 0 Å². The van der Waals surface area contributed by atoms with Crippen LogP contribution in [0.3, 0.4) is 0 Å². The zero-order valence-corrected chi connectivity index (χ0v) is 24.3. The summed E-state index contributed by atoms with van der Waals surface area (Å²) in [5.74, 6) is -20.2. The number of nitrogens with zero attached hydrogens (tertiary/aromatic N) is 2. The van der Waals surface area contributed by atoms with E-state index in [1.165, 1.54) is 48.5 Å². The first-order valence-electron chi connectivity index (χ1n) is 14.5. The van der Waals surface area contributed by atoms with E-state index in [4.69, 9.17) is 0 Å². The molecule has 2 aliphatic rings. The SMILES string of the molecule is O=C1c2ccc3c4ccc5c6c(ccc(c7ccc(c2c37)C(=O)N1c1c(F)c(F)cc(F)c1F)c64)C(=O)N(c1c(F)c(F)cc(F)c1F)C5=O. The molecule has 0 unspecified atom stereocenters. The molecule has 244 valence electrons. The van der Waals surface area contributed by atoms with E-state index in [-0.39, 0.29) is 55.0 Å². The normalized spacial score (nSPS) is 14.5. The minimum Gasteiger partial charge on any atom is -0.268 e. The number of imide groups is 2. The third kappa shape index (κ3) is 3.41. The topological polar surface area (TPSA) is 74.8 Å². The molecule has 0 saturated carbocycles. The van der Waals surface area contributed by atoms with Gasteiger partial charge in [0, 0.05) is 45.2 Å². The molecule has 4 amide bonds. The summed E-state index contributed by atoms with van der Waals surface area (Å²) >= 11 is 0. The molecular weight excluding hydrogens is 676 g/mol. The van der Waals surface area contributed by atoms with E-state index in [2.05, 4.69) is 0 Å². The van der Waals surface area contributed by atoms with Gasteiger partial charge in [0.25, 0.3) is 23.6 Å². The summed E-state index contributed by atoms with van der Waals surface area (Å²) in [5, 5.41) is 2.27. The van der Waals surface area contributed by atoms with E-state index >= 15 is 0 Å². The van der Waals surface area contributed by atoms with Gasteiger partial charge in [0.15, 0.2) is 46.5 Å². The van der Waals surface area contributed by atoms with Crippen molar-refractivity contribution in [2.75, 3.05) is 9.80 Å². The lowest BCUT2D eigenvalue weighted by Crippen LogP contribution is -2.42. The van der Waals surface area contributed by atoms with Gasteiger partial charge in [-0.2, -0.15) is 0 Å². The number of hydrogen-bond acceptors (Lipinski definition) is 4. The average Bonchev–Trinajstić information content (AvgIpc) is 3.09. The summed E-state index contributed by atoms with van der Waals surface area (Å²) in [6, 6.07) is 10.6. The number of fused-ring (bicyclic) bond motifs is 2. The smallest absolute Gasteiger partial charge is 0.266 e. The fourth-order valence-corrected chi connectivity index (χ4v) is 7.19. The minimum absolute atomic E-state index is 0.0252. The minimum atomic E-state index is -1.95. The molecule has 50 heavy (non-hydrogen) atoms. The van der Waals surface area contributed by atoms with Crippen LogP contribution in [-0.4, -0.2) is 23.6 Å². The standard InChI is InChI=1S/C36H10F8N2O4/c37-19-9-20(38)28(42)31(27(19)41)45-33(47)15-5-1-11-12-2-6-17-26-18(36(50)46(35(17)49)32-29(43)21(39)10-22(40)30(32)44)8-4-14(24(12)26)13-3-7-16(34(45)48)25(15)23(11)13/h1-10H. The lowest BCUT2D eigenvalue weighted by atomic mass is 9.82. The van der Waals surface area contributed by atoms with Gasteiger partial charge in [0.2, 0.25) is 0 Å². The Labute approximate surface area is 271 Å². The van der Waals surface area contributed by atoms with Gasteiger partial charge < -0.3 is 0 Å². The predicted octanol–water partition coefficient (Wildman–Crippen LogP) is 8.45. The van der Waals surface area contributed by atoms with E-state index in [1.54, 1.807) is 0 Å². The van der Waals surface area contributed by atoms with Crippen molar-refractivity contribution in [2.45, 2.75) is 0 Å². The Kier molecular flexibility index (Phi) is 5.69. The Morgan fingerprint density at radius 3 is 0.820 bits per heavy atom. The second-order valence-corrected chi connectivity index (χ2v) is 11.7. The number of carbonyl (C=O) groups excluding carboxylic acids is 4. The number of amides is 4. The van der Waals surface area contributed by atoms with Gasteiger partial charge in [-0.1, -0.05) is 24.3 Å². The van der Waals surface area contributed by atoms with Gasteiger partial charge in [-0.05, 0) is 56.6 Å². The molecule has 6 nitrogen and oxygen atoms in total. The van der Waals surface area contributed by atoms with Crippen LogP contribution in [0.2, 0.25) is 0 Å². The Morgan fingerprint density at radius 2 is 0.580 bits per heavy atom. The Balaban J connectivity index is 1.30. The Bertz CT molecular complexity index is 2490. The highest BCUT2D eigenvalue weighted by Gasteiger charge is 2.42. The maximum Gasteiger partial charge on any atom is 0.266 e. The fraction of sp³-hybridized carbons (Fsp3) is 0. The van der Waals surface area contributed by atoms with Gasteiger partial charge in [-0.25, -0.2) is 44.9 Å². The fourth-order valence-electron chi connectivity index (χ4n) is 7.19. The zero-order valence-electron chi connectivity index (χ0n) is 24.3. The van der Waals surface area contributed by atoms with Crippen LogP contribution in [0.5, 0.6) is 0 Å². The first-order valence-corrected chi connectivity index (χ1v) is 14.5. The maximum atomic E-state index is 14.8. The summed E-state index contributed by atoms with van der Waals surface area (Å²) in [5.41, 5.74) is -3.97. The van der Waals surface area contributed by atoms with Crippen LogP contribution in [-0.2, 0) is 0 Å². The van der Waals surface area contributed by atoms with E-state index in [1.807, 2.05) is 0 Å². The van der Waals surface area contributed by atoms with Crippen molar-refractivity contribution in [3.63, 3.8) is 0 Å². The molecule has 0 bridgehead atoms. The molecule has 0 aliphatic carbocycles. The van der Waals surface area contributed by atoms with E-state index < -0.39 is 81.5 Å². The largest absolute Gasteiger partial charge is 0.268 e. The molecule has 0 spiro atoms.